The summed E-state index contributed by atoms with van der Waals surface area (Å²) in [6.45, 7) is 5.89. The molecule has 0 aliphatic carbocycles. The van der Waals surface area contributed by atoms with E-state index in [2.05, 4.69) is 15.6 Å². The van der Waals surface area contributed by atoms with Gasteiger partial charge in [-0.3, -0.25) is 4.99 Å². The number of alkyl carbamates (subject to hydrolysis) is 1. The van der Waals surface area contributed by atoms with Crippen molar-refractivity contribution in [3.8, 4) is 0 Å². The minimum atomic E-state index is -0.539. The fraction of sp³-hybridized carbons (Fsp3) is 0.467. The molecule has 0 heterocycles. The number of carbonyl (C=O) groups excluding carboxylic acids is 1. The molecule has 0 aliphatic heterocycles. The predicted molar refractivity (Wildman–Crippen MR) is 99.5 cm³/mol. The van der Waals surface area contributed by atoms with Gasteiger partial charge in [-0.25, -0.2) is 4.79 Å². The molecule has 0 aliphatic rings. The number of nitrogens with one attached hydrogen (secondary N) is 2. The second-order valence-electron chi connectivity index (χ2n) is 5.60. The Bertz CT molecular complexity index is 486. The van der Waals surface area contributed by atoms with Crippen molar-refractivity contribution in [2.45, 2.75) is 32.4 Å². The highest BCUT2D eigenvalue weighted by Crippen LogP contribution is 2.13. The number of amides is 1. The Morgan fingerprint density at radius 2 is 1.91 bits per heavy atom. The van der Waals surface area contributed by atoms with Gasteiger partial charge in [-0.2, -0.15) is 0 Å². The quantitative estimate of drug-likeness (QED) is 0.397. The Hall–Kier alpha value is -1.51. The lowest BCUT2D eigenvalue weighted by Gasteiger charge is -2.24. The van der Waals surface area contributed by atoms with Crippen LogP contribution in [0.2, 0.25) is 0 Å². The first-order chi connectivity index (χ1) is 9.81. The molecule has 4 N–H and O–H groups in total. The van der Waals surface area contributed by atoms with Crippen LogP contribution in [0.5, 0.6) is 0 Å². The number of hydrogen-bond acceptors (Lipinski definition) is 3. The van der Waals surface area contributed by atoms with Crippen molar-refractivity contribution in [3.05, 3.63) is 35.9 Å². The molecule has 1 amide bonds. The van der Waals surface area contributed by atoms with E-state index in [1.807, 2.05) is 51.1 Å². The van der Waals surface area contributed by atoms with Crippen LogP contribution in [-0.2, 0) is 4.74 Å². The van der Waals surface area contributed by atoms with Crippen LogP contribution < -0.4 is 16.4 Å². The number of aliphatic imine (C=N–C) groups is 1. The third-order valence-electron chi connectivity index (χ3n) is 2.62. The number of hydrogen-bond donors (Lipinski definition) is 3. The van der Waals surface area contributed by atoms with Gasteiger partial charge < -0.3 is 21.1 Å². The van der Waals surface area contributed by atoms with E-state index in [1.165, 1.54) is 0 Å². The molecule has 22 heavy (non-hydrogen) atoms. The zero-order valence-corrected chi connectivity index (χ0v) is 15.8. The van der Waals surface area contributed by atoms with E-state index in [0.29, 0.717) is 12.5 Å². The van der Waals surface area contributed by atoms with Crippen LogP contribution in [0, 0.1) is 0 Å². The van der Waals surface area contributed by atoms with Crippen LogP contribution in [-0.4, -0.2) is 31.2 Å². The topological polar surface area (TPSA) is 88.7 Å². The fourth-order valence-electron chi connectivity index (χ4n) is 1.67. The van der Waals surface area contributed by atoms with Crippen molar-refractivity contribution < 1.29 is 9.53 Å². The lowest BCUT2D eigenvalue weighted by molar-refractivity contribution is 0.0504. The van der Waals surface area contributed by atoms with Gasteiger partial charge in [0.1, 0.15) is 5.60 Å². The number of halogens is 1. The lowest BCUT2D eigenvalue weighted by Crippen LogP contribution is -2.42. The molecule has 1 aromatic carbocycles. The third-order valence-corrected chi connectivity index (χ3v) is 2.62. The average Bonchev–Trinajstić information content (AvgIpc) is 2.42. The molecule has 0 fully saturated rings. The molecule has 1 rings (SSSR count). The summed E-state index contributed by atoms with van der Waals surface area (Å²) in [6.07, 6.45) is -0.467. The highest BCUT2D eigenvalue weighted by Gasteiger charge is 2.20. The molecule has 0 radical (unpaired) electrons. The Kier molecular flexibility index (Phi) is 8.84. The first-order valence-electron chi connectivity index (χ1n) is 6.82. The fourth-order valence-corrected chi connectivity index (χ4v) is 1.67. The van der Waals surface area contributed by atoms with E-state index in [0.717, 1.165) is 5.56 Å². The van der Waals surface area contributed by atoms with Gasteiger partial charge in [-0.05, 0) is 26.3 Å². The lowest BCUT2D eigenvalue weighted by atomic mass is 10.1. The molecule has 124 valence electrons. The number of nitrogens with zero attached hydrogens (tertiary/aromatic N) is 1. The minimum absolute atomic E-state index is 0. The highest BCUT2D eigenvalue weighted by molar-refractivity contribution is 14.0. The second-order valence-corrected chi connectivity index (χ2v) is 5.60. The summed E-state index contributed by atoms with van der Waals surface area (Å²) in [5.41, 5.74) is 6.05. The number of ether oxygens (including phenoxy) is 1. The molecule has 0 saturated carbocycles. The zero-order chi connectivity index (χ0) is 15.9. The normalized spacial score (nSPS) is 12.8. The van der Waals surface area contributed by atoms with Gasteiger partial charge >= 0.3 is 6.09 Å². The van der Waals surface area contributed by atoms with Gasteiger partial charge in [-0.15, -0.1) is 24.0 Å². The van der Waals surface area contributed by atoms with Gasteiger partial charge in [0.05, 0.1) is 6.04 Å². The maximum absolute atomic E-state index is 11.9. The summed E-state index contributed by atoms with van der Waals surface area (Å²) in [6, 6.07) is 9.35. The van der Waals surface area contributed by atoms with Crippen LogP contribution in [0.15, 0.2) is 35.3 Å². The number of guanidine groups is 1. The number of rotatable bonds is 4. The average molecular weight is 420 g/mol. The van der Waals surface area contributed by atoms with Crippen LogP contribution in [0.3, 0.4) is 0 Å². The Morgan fingerprint density at radius 3 is 2.41 bits per heavy atom. The summed E-state index contributed by atoms with van der Waals surface area (Å²) in [4.78, 5) is 15.8. The van der Waals surface area contributed by atoms with Crippen molar-refractivity contribution >= 4 is 36.0 Å². The van der Waals surface area contributed by atoms with Crippen molar-refractivity contribution in [1.29, 1.82) is 0 Å². The van der Waals surface area contributed by atoms with E-state index in [-0.39, 0.29) is 30.0 Å². The number of benzene rings is 1. The molecule has 6 nitrogen and oxygen atoms in total. The van der Waals surface area contributed by atoms with E-state index >= 15 is 0 Å². The zero-order valence-electron chi connectivity index (χ0n) is 13.4. The standard InChI is InChI=1S/C15H24N4O2.HI/c1-15(2,3)21-14(20)19-12(10-18-13(16)17-4)11-8-6-5-7-9-11;/h5-9,12H,10H2,1-4H3,(H,19,20)(H3,16,17,18);1H. The SMILES string of the molecule is CN=C(N)NCC(NC(=O)OC(C)(C)C)c1ccccc1.I. The second kappa shape index (κ2) is 9.50. The van der Waals surface area contributed by atoms with Crippen LogP contribution in [0.1, 0.15) is 32.4 Å². The Labute approximate surface area is 148 Å². The molecule has 0 aromatic heterocycles. The maximum Gasteiger partial charge on any atom is 0.408 e. The van der Waals surface area contributed by atoms with Crippen LogP contribution >= 0.6 is 24.0 Å². The van der Waals surface area contributed by atoms with Crippen LogP contribution in [0.4, 0.5) is 4.79 Å². The van der Waals surface area contributed by atoms with E-state index in [4.69, 9.17) is 10.5 Å². The highest BCUT2D eigenvalue weighted by atomic mass is 127. The number of nitrogens with two attached hydrogens (primary N) is 1. The molecule has 1 unspecified atom stereocenters. The Balaban J connectivity index is 0.00000441. The molecule has 1 aromatic rings. The van der Waals surface area contributed by atoms with Crippen molar-refractivity contribution in [3.63, 3.8) is 0 Å². The smallest absolute Gasteiger partial charge is 0.408 e. The monoisotopic (exact) mass is 420 g/mol. The molecular weight excluding hydrogens is 395 g/mol. The summed E-state index contributed by atoms with van der Waals surface area (Å²) in [5.74, 6) is 0.321. The number of carbonyl (C=O) groups is 1. The van der Waals surface area contributed by atoms with Gasteiger partial charge in [0.15, 0.2) is 5.96 Å². The van der Waals surface area contributed by atoms with E-state index < -0.39 is 11.7 Å². The van der Waals surface area contributed by atoms with Gasteiger partial charge in [-0.1, -0.05) is 30.3 Å². The van der Waals surface area contributed by atoms with Crippen LogP contribution in [0.25, 0.3) is 0 Å². The van der Waals surface area contributed by atoms with Crippen molar-refractivity contribution in [2.75, 3.05) is 13.6 Å². The third kappa shape index (κ3) is 8.06. The van der Waals surface area contributed by atoms with Gasteiger partial charge in [0.2, 0.25) is 0 Å². The summed E-state index contributed by atoms with van der Waals surface area (Å²) < 4.78 is 5.28. The molecule has 7 heteroatoms. The molecule has 0 saturated heterocycles. The summed E-state index contributed by atoms with van der Waals surface area (Å²) in [7, 11) is 1.60. The van der Waals surface area contributed by atoms with Crippen molar-refractivity contribution in [1.82, 2.24) is 10.6 Å². The first-order valence-corrected chi connectivity index (χ1v) is 6.82. The molecule has 0 bridgehead atoms. The predicted octanol–water partition coefficient (Wildman–Crippen LogP) is 2.40. The van der Waals surface area contributed by atoms with Crippen molar-refractivity contribution in [2.24, 2.45) is 10.7 Å². The van der Waals surface area contributed by atoms with Gasteiger partial charge in [0.25, 0.3) is 0 Å². The molecule has 1 atom stereocenters. The molecular formula is C15H25IN4O2. The van der Waals surface area contributed by atoms with E-state index in [9.17, 15) is 4.79 Å². The Morgan fingerprint density at radius 1 is 1.32 bits per heavy atom. The summed E-state index contributed by atoms with van der Waals surface area (Å²) >= 11 is 0. The van der Waals surface area contributed by atoms with Gasteiger partial charge in [0, 0.05) is 13.6 Å². The molecule has 0 spiro atoms. The maximum atomic E-state index is 11.9. The first kappa shape index (κ1) is 20.5. The minimum Gasteiger partial charge on any atom is -0.444 e. The van der Waals surface area contributed by atoms with E-state index in [1.54, 1.807) is 7.05 Å². The largest absolute Gasteiger partial charge is 0.444 e. The summed E-state index contributed by atoms with van der Waals surface area (Å²) in [5, 5.41) is 5.79.